The van der Waals surface area contributed by atoms with Gasteiger partial charge in [0.2, 0.25) is 0 Å². The van der Waals surface area contributed by atoms with Gasteiger partial charge in [0.05, 0.1) is 49.1 Å². The molecule has 3 rings (SSSR count). The number of carbonyl (C=O) groups is 1. The third-order valence-corrected chi connectivity index (χ3v) is 4.87. The van der Waals surface area contributed by atoms with E-state index in [0.717, 1.165) is 32.8 Å². The molecule has 2 heterocycles. The fourth-order valence-corrected chi connectivity index (χ4v) is 3.60. The highest BCUT2D eigenvalue weighted by Crippen LogP contribution is 2.33. The van der Waals surface area contributed by atoms with E-state index in [1.807, 2.05) is 0 Å². The van der Waals surface area contributed by atoms with E-state index >= 15 is 0 Å². The zero-order valence-electron chi connectivity index (χ0n) is 14.6. The number of hydrogen-bond acceptors (Lipinski definition) is 5. The molecule has 140 valence electrons. The molecule has 0 bridgehead atoms. The maximum Gasteiger partial charge on any atom is 0.341 e. The molecule has 0 amide bonds. The maximum absolute atomic E-state index is 12.4. The molecular formula is C18H22Cl2N3O3+. The van der Waals surface area contributed by atoms with Gasteiger partial charge in [0.25, 0.3) is 0 Å². The monoisotopic (exact) mass is 398 g/mol. The summed E-state index contributed by atoms with van der Waals surface area (Å²) in [5.74, 6) is -0.417. The molecule has 1 fully saturated rings. The molecule has 1 aromatic carbocycles. The van der Waals surface area contributed by atoms with Crippen molar-refractivity contribution in [1.29, 1.82) is 0 Å². The molecule has 0 unspecified atom stereocenters. The third kappa shape index (κ3) is 4.38. The van der Waals surface area contributed by atoms with Crippen molar-refractivity contribution in [3.05, 3.63) is 33.9 Å². The molecule has 0 atom stereocenters. The van der Waals surface area contributed by atoms with Crippen molar-refractivity contribution in [3.63, 3.8) is 0 Å². The van der Waals surface area contributed by atoms with Crippen molar-refractivity contribution in [2.45, 2.75) is 6.92 Å². The third-order valence-electron chi connectivity index (χ3n) is 4.37. The first-order valence-corrected chi connectivity index (χ1v) is 9.45. The van der Waals surface area contributed by atoms with Crippen LogP contribution in [0, 0.1) is 0 Å². The standard InChI is InChI=1S/C18H21Cl2N3O3/c1-2-26-18(24)14-11-22-17-13(9-12(19)10-15(17)20)16(14)21-3-4-23-5-7-25-8-6-23/h9-11H,2-8H2,1H3,(H,21,22)/p+1. The van der Waals surface area contributed by atoms with Crippen LogP contribution in [0.3, 0.4) is 0 Å². The molecule has 6 nitrogen and oxygen atoms in total. The van der Waals surface area contributed by atoms with E-state index in [0.29, 0.717) is 45.4 Å². The molecular weight excluding hydrogens is 377 g/mol. The molecule has 1 saturated heterocycles. The number of nitrogens with one attached hydrogen (secondary N) is 2. The number of morpholine rings is 1. The second kappa shape index (κ2) is 8.86. The Kier molecular flexibility index (Phi) is 6.53. The van der Waals surface area contributed by atoms with Crippen LogP contribution in [0.5, 0.6) is 0 Å². The van der Waals surface area contributed by atoms with Crippen molar-refractivity contribution in [1.82, 2.24) is 4.98 Å². The van der Waals surface area contributed by atoms with Crippen molar-refractivity contribution in [3.8, 4) is 0 Å². The zero-order chi connectivity index (χ0) is 18.5. The van der Waals surface area contributed by atoms with Gasteiger partial charge < -0.3 is 19.7 Å². The largest absolute Gasteiger partial charge is 0.462 e. The number of anilines is 1. The average Bonchev–Trinajstić information content (AvgIpc) is 2.63. The summed E-state index contributed by atoms with van der Waals surface area (Å²) in [7, 11) is 0. The molecule has 0 aliphatic carbocycles. The summed E-state index contributed by atoms with van der Waals surface area (Å²) in [6.45, 7) is 7.23. The minimum Gasteiger partial charge on any atom is -0.462 e. The van der Waals surface area contributed by atoms with Crippen LogP contribution in [0.4, 0.5) is 5.69 Å². The number of carbonyl (C=O) groups excluding carboxylic acids is 1. The van der Waals surface area contributed by atoms with Crippen LogP contribution in [0.1, 0.15) is 17.3 Å². The number of benzene rings is 1. The summed E-state index contributed by atoms with van der Waals surface area (Å²) in [4.78, 5) is 18.2. The molecule has 2 aromatic rings. The number of quaternary nitrogens is 1. The zero-order valence-corrected chi connectivity index (χ0v) is 16.1. The van der Waals surface area contributed by atoms with E-state index < -0.39 is 5.97 Å². The van der Waals surface area contributed by atoms with Gasteiger partial charge in [-0.15, -0.1) is 0 Å². The molecule has 26 heavy (non-hydrogen) atoms. The van der Waals surface area contributed by atoms with Crippen LogP contribution in [-0.4, -0.2) is 57.0 Å². The van der Waals surface area contributed by atoms with E-state index in [9.17, 15) is 4.79 Å². The molecule has 0 radical (unpaired) electrons. The topological polar surface area (TPSA) is 64.9 Å². The van der Waals surface area contributed by atoms with Gasteiger partial charge in [0.15, 0.2) is 0 Å². The quantitative estimate of drug-likeness (QED) is 0.728. The van der Waals surface area contributed by atoms with Crippen molar-refractivity contribution >= 4 is 45.8 Å². The second-order valence-electron chi connectivity index (χ2n) is 6.09. The number of pyridine rings is 1. The lowest BCUT2D eigenvalue weighted by Crippen LogP contribution is -3.14. The van der Waals surface area contributed by atoms with Crippen LogP contribution < -0.4 is 10.2 Å². The Morgan fingerprint density at radius 3 is 2.85 bits per heavy atom. The van der Waals surface area contributed by atoms with Gasteiger partial charge in [-0.2, -0.15) is 0 Å². The number of fused-ring (bicyclic) bond motifs is 1. The van der Waals surface area contributed by atoms with Gasteiger partial charge in [-0.1, -0.05) is 23.2 Å². The summed E-state index contributed by atoms with van der Waals surface area (Å²) < 4.78 is 10.6. The predicted molar refractivity (Wildman–Crippen MR) is 103 cm³/mol. The number of esters is 1. The number of aromatic nitrogens is 1. The smallest absolute Gasteiger partial charge is 0.341 e. The van der Waals surface area contributed by atoms with Gasteiger partial charge in [0, 0.05) is 16.6 Å². The lowest BCUT2D eigenvalue weighted by Gasteiger charge is -2.24. The van der Waals surface area contributed by atoms with Crippen molar-refractivity contribution in [2.75, 3.05) is 51.3 Å². The Balaban J connectivity index is 1.90. The van der Waals surface area contributed by atoms with Gasteiger partial charge in [0.1, 0.15) is 18.7 Å². The number of hydrogen-bond donors (Lipinski definition) is 2. The van der Waals surface area contributed by atoms with Crippen LogP contribution in [0.25, 0.3) is 10.9 Å². The SMILES string of the molecule is CCOC(=O)c1cnc2c(Cl)cc(Cl)cc2c1NCC[NH+]1CCOCC1. The molecule has 2 N–H and O–H groups in total. The average molecular weight is 399 g/mol. The fraction of sp³-hybridized carbons (Fsp3) is 0.444. The minimum absolute atomic E-state index is 0.296. The van der Waals surface area contributed by atoms with Crippen LogP contribution in [-0.2, 0) is 9.47 Å². The Morgan fingerprint density at radius 2 is 2.12 bits per heavy atom. The lowest BCUT2D eigenvalue weighted by molar-refractivity contribution is -0.906. The normalized spacial score (nSPS) is 15.2. The summed E-state index contributed by atoms with van der Waals surface area (Å²) in [6, 6.07) is 3.41. The lowest BCUT2D eigenvalue weighted by atomic mass is 10.1. The highest BCUT2D eigenvalue weighted by Gasteiger charge is 2.19. The molecule has 1 aromatic heterocycles. The molecule has 1 aliphatic rings. The van der Waals surface area contributed by atoms with Crippen LogP contribution in [0.2, 0.25) is 10.0 Å². The van der Waals surface area contributed by atoms with Crippen molar-refractivity contribution in [2.24, 2.45) is 0 Å². The Hall–Kier alpha value is -1.60. The first-order chi connectivity index (χ1) is 12.6. The summed E-state index contributed by atoms with van der Waals surface area (Å²) in [5, 5.41) is 5.03. The van der Waals surface area contributed by atoms with E-state index in [1.54, 1.807) is 19.1 Å². The number of nitrogens with zero attached hydrogens (tertiary/aromatic N) is 1. The van der Waals surface area contributed by atoms with Crippen LogP contribution >= 0.6 is 23.2 Å². The Labute approximate surface area is 162 Å². The highest BCUT2D eigenvalue weighted by atomic mass is 35.5. The number of ether oxygens (including phenoxy) is 2. The van der Waals surface area contributed by atoms with Gasteiger partial charge >= 0.3 is 5.97 Å². The molecule has 0 spiro atoms. The van der Waals surface area contributed by atoms with Gasteiger partial charge in [-0.3, -0.25) is 4.98 Å². The van der Waals surface area contributed by atoms with E-state index in [-0.39, 0.29) is 0 Å². The Morgan fingerprint density at radius 1 is 1.35 bits per heavy atom. The van der Waals surface area contributed by atoms with Gasteiger partial charge in [-0.25, -0.2) is 4.79 Å². The van der Waals surface area contributed by atoms with E-state index in [1.165, 1.54) is 11.1 Å². The van der Waals surface area contributed by atoms with Crippen molar-refractivity contribution < 1.29 is 19.2 Å². The van der Waals surface area contributed by atoms with E-state index in [4.69, 9.17) is 32.7 Å². The molecule has 1 aliphatic heterocycles. The summed E-state index contributed by atoms with van der Waals surface area (Å²) in [5.41, 5.74) is 1.64. The van der Waals surface area contributed by atoms with E-state index in [2.05, 4.69) is 10.3 Å². The highest BCUT2D eigenvalue weighted by molar-refractivity contribution is 6.38. The summed E-state index contributed by atoms with van der Waals surface area (Å²) in [6.07, 6.45) is 1.50. The fourth-order valence-electron chi connectivity index (χ4n) is 3.05. The minimum atomic E-state index is -0.417. The number of halogens is 2. The Bertz CT molecular complexity index is 795. The number of rotatable bonds is 6. The first kappa shape index (κ1) is 19.2. The molecule has 8 heteroatoms. The second-order valence-corrected chi connectivity index (χ2v) is 6.93. The summed E-state index contributed by atoms with van der Waals surface area (Å²) >= 11 is 12.4. The van der Waals surface area contributed by atoms with Gasteiger partial charge in [-0.05, 0) is 19.1 Å². The maximum atomic E-state index is 12.4. The molecule has 0 saturated carbocycles. The predicted octanol–water partition coefficient (Wildman–Crippen LogP) is 2.05. The van der Waals surface area contributed by atoms with Crippen LogP contribution in [0.15, 0.2) is 18.3 Å². The first-order valence-electron chi connectivity index (χ1n) is 8.70.